The molecule has 1 heterocycles. The van der Waals surface area contributed by atoms with Gasteiger partial charge in [-0.1, -0.05) is 139 Å². The predicted octanol–water partition coefficient (Wildman–Crippen LogP) is 10.9. The second-order valence-corrected chi connectivity index (χ2v) is 9.74. The number of rotatable bonds is 3. The molecule has 0 saturated carbocycles. The van der Waals surface area contributed by atoms with Crippen molar-refractivity contribution in [2.24, 2.45) is 0 Å². The van der Waals surface area contributed by atoms with Crippen LogP contribution in [-0.2, 0) is 0 Å². The minimum Gasteiger partial charge on any atom is -0.455 e. The van der Waals surface area contributed by atoms with Crippen molar-refractivity contribution in [3.05, 3.63) is 145 Å². The van der Waals surface area contributed by atoms with Gasteiger partial charge in [0, 0.05) is 16.3 Å². The van der Waals surface area contributed by atoms with Crippen LogP contribution in [0, 0.1) is 0 Å². The summed E-state index contributed by atoms with van der Waals surface area (Å²) in [5.74, 6) is 0. The van der Waals surface area contributed by atoms with Gasteiger partial charge in [-0.05, 0) is 55.4 Å². The van der Waals surface area contributed by atoms with Crippen molar-refractivity contribution in [2.45, 2.75) is 0 Å². The summed E-state index contributed by atoms with van der Waals surface area (Å²) in [4.78, 5) is 0. The smallest absolute Gasteiger partial charge is 0.143 e. The van der Waals surface area contributed by atoms with Gasteiger partial charge in [0.2, 0.25) is 0 Å². The monoisotopic (exact) mass is 500 g/mol. The molecule has 8 rings (SSSR count). The fourth-order valence-corrected chi connectivity index (χ4v) is 5.83. The van der Waals surface area contributed by atoms with E-state index in [1.54, 1.807) is 0 Å². The number of hydrogen-bond acceptors (Lipinski definition) is 1. The fourth-order valence-electron chi connectivity index (χ4n) is 5.83. The number of benzene rings is 7. The Hall–Kier alpha value is -5.14. The Kier molecular flexibility index (Phi) is 4.06. The molecule has 0 bridgehead atoms. The second kappa shape index (κ2) is 8.72. The van der Waals surface area contributed by atoms with Crippen LogP contribution in [0.2, 0.25) is 0 Å². The highest BCUT2D eigenvalue weighted by atomic mass is 16.3. The van der Waals surface area contributed by atoms with Crippen LogP contribution in [0.15, 0.2) is 150 Å². The summed E-state index contributed by atoms with van der Waals surface area (Å²) in [7, 11) is 0. The van der Waals surface area contributed by atoms with Crippen LogP contribution in [0.4, 0.5) is 0 Å². The maximum atomic E-state index is 9.32. The minimum atomic E-state index is -0.0933. The lowest BCUT2D eigenvalue weighted by Gasteiger charge is -2.18. The normalized spacial score (nSPS) is 13.0. The molecular formula is C38H24O. The van der Waals surface area contributed by atoms with E-state index in [4.69, 9.17) is 4.42 Å². The van der Waals surface area contributed by atoms with E-state index in [0.29, 0.717) is 27.9 Å². The molecule has 0 aliphatic heterocycles. The van der Waals surface area contributed by atoms with E-state index in [0.717, 1.165) is 43.4 Å². The highest BCUT2D eigenvalue weighted by molar-refractivity contribution is 6.21. The summed E-state index contributed by atoms with van der Waals surface area (Å²) in [6.07, 6.45) is 0. The lowest BCUT2D eigenvalue weighted by atomic mass is 9.86. The Morgan fingerprint density at radius 2 is 0.872 bits per heavy atom. The Morgan fingerprint density at radius 3 is 1.51 bits per heavy atom. The number of furan rings is 1. The third-order valence-corrected chi connectivity index (χ3v) is 7.54. The maximum absolute atomic E-state index is 9.32. The van der Waals surface area contributed by atoms with E-state index in [-0.39, 0.29) is 29.7 Å². The fraction of sp³-hybridized carbons (Fsp3) is 0. The van der Waals surface area contributed by atoms with Crippen molar-refractivity contribution in [3.63, 3.8) is 0 Å². The third-order valence-electron chi connectivity index (χ3n) is 7.54. The molecule has 0 aliphatic carbocycles. The summed E-state index contributed by atoms with van der Waals surface area (Å²) in [6.45, 7) is 0. The molecule has 8 aromatic rings. The van der Waals surface area contributed by atoms with Crippen molar-refractivity contribution in [3.8, 4) is 33.4 Å². The zero-order valence-corrected chi connectivity index (χ0v) is 21.0. The van der Waals surface area contributed by atoms with Crippen LogP contribution in [0.3, 0.4) is 0 Å². The first-order valence-electron chi connectivity index (χ1n) is 15.0. The first-order chi connectivity index (χ1) is 21.0. The zero-order chi connectivity index (χ0) is 29.2. The minimum absolute atomic E-state index is 0.0770. The summed E-state index contributed by atoms with van der Waals surface area (Å²) < 4.78 is 43.3. The van der Waals surface area contributed by atoms with Gasteiger partial charge in [-0.2, -0.15) is 0 Å². The Morgan fingerprint density at radius 1 is 0.385 bits per heavy atom. The molecule has 1 aromatic heterocycles. The average molecular weight is 501 g/mol. The average Bonchev–Trinajstić information content (AvgIpc) is 3.44. The molecule has 0 N–H and O–H groups in total. The molecule has 0 radical (unpaired) electrons. The van der Waals surface area contributed by atoms with Crippen molar-refractivity contribution in [1.82, 2.24) is 0 Å². The highest BCUT2D eigenvalue weighted by Gasteiger charge is 2.17. The molecule has 1 nitrogen and oxygen atoms in total. The topological polar surface area (TPSA) is 13.1 Å². The van der Waals surface area contributed by atoms with Crippen LogP contribution in [0.5, 0.6) is 0 Å². The molecule has 0 saturated heterocycles. The molecule has 7 aromatic carbocycles. The third kappa shape index (κ3) is 3.41. The Balaban J connectivity index is 1.47. The van der Waals surface area contributed by atoms with E-state index in [1.807, 2.05) is 97.1 Å². The van der Waals surface area contributed by atoms with Crippen molar-refractivity contribution < 1.29 is 9.90 Å². The molecule has 0 fully saturated rings. The largest absolute Gasteiger partial charge is 0.455 e. The first kappa shape index (κ1) is 18.2. The van der Waals surface area contributed by atoms with Crippen LogP contribution >= 0.6 is 0 Å². The summed E-state index contributed by atoms with van der Waals surface area (Å²) in [6, 6.07) is 39.4. The van der Waals surface area contributed by atoms with Gasteiger partial charge in [-0.25, -0.2) is 0 Å². The zero-order valence-electron chi connectivity index (χ0n) is 25.0. The van der Waals surface area contributed by atoms with Crippen LogP contribution in [0.25, 0.3) is 76.9 Å². The van der Waals surface area contributed by atoms with Gasteiger partial charge in [-0.3, -0.25) is 0 Å². The van der Waals surface area contributed by atoms with E-state index in [2.05, 4.69) is 24.3 Å². The van der Waals surface area contributed by atoms with Crippen LogP contribution in [-0.4, -0.2) is 0 Å². The molecule has 0 aliphatic rings. The van der Waals surface area contributed by atoms with Gasteiger partial charge >= 0.3 is 0 Å². The van der Waals surface area contributed by atoms with Gasteiger partial charge in [0.15, 0.2) is 0 Å². The van der Waals surface area contributed by atoms with Crippen LogP contribution < -0.4 is 0 Å². The maximum Gasteiger partial charge on any atom is 0.143 e. The number of hydrogen-bond donors (Lipinski definition) is 0. The molecule has 0 unspecified atom stereocenters. The lowest BCUT2D eigenvalue weighted by Crippen LogP contribution is -1.90. The summed E-state index contributed by atoms with van der Waals surface area (Å²) in [5, 5.41) is 5.58. The van der Waals surface area contributed by atoms with E-state index >= 15 is 0 Å². The van der Waals surface area contributed by atoms with Gasteiger partial charge in [0.1, 0.15) is 11.2 Å². The van der Waals surface area contributed by atoms with Gasteiger partial charge < -0.3 is 4.42 Å². The quantitative estimate of drug-likeness (QED) is 0.220. The van der Waals surface area contributed by atoms with Crippen molar-refractivity contribution in [2.75, 3.05) is 0 Å². The van der Waals surface area contributed by atoms with Gasteiger partial charge in [-0.15, -0.1) is 0 Å². The first-order valence-corrected chi connectivity index (χ1v) is 13.0. The number of fused-ring (bicyclic) bond motifs is 5. The van der Waals surface area contributed by atoms with Crippen molar-refractivity contribution >= 4 is 43.5 Å². The SMILES string of the molecule is [2H]c1c([2H])c(-c2cccc3c2oc2ccccc23)c([2H])c([2H])c1-c1c2ccccc2c(-c2ccccc2)c2ccccc12. The van der Waals surface area contributed by atoms with Gasteiger partial charge in [0.25, 0.3) is 0 Å². The van der Waals surface area contributed by atoms with Crippen molar-refractivity contribution in [1.29, 1.82) is 0 Å². The Bertz CT molecular complexity index is 2300. The number of para-hydroxylation sites is 2. The second-order valence-electron chi connectivity index (χ2n) is 9.74. The van der Waals surface area contributed by atoms with Gasteiger partial charge in [0.05, 0.1) is 5.48 Å². The van der Waals surface area contributed by atoms with E-state index in [1.165, 1.54) is 0 Å². The molecule has 1 heteroatoms. The molecule has 0 amide bonds. The molecule has 0 spiro atoms. The highest BCUT2D eigenvalue weighted by Crippen LogP contribution is 2.44. The molecular weight excluding hydrogens is 472 g/mol. The lowest BCUT2D eigenvalue weighted by molar-refractivity contribution is 0.670. The molecule has 182 valence electrons. The van der Waals surface area contributed by atoms with E-state index in [9.17, 15) is 5.48 Å². The molecule has 0 atom stereocenters. The standard InChI is InChI=1S/C38H24O/c1-2-11-26(12-3-1)36-30-14-4-6-16-32(30)37(33-17-7-5-15-31(33)36)27-23-21-25(22-24-27)28-18-10-19-34-29-13-8-9-20-35(29)39-38(28)34/h1-24H/i21D,22D,23D,24D. The molecule has 39 heavy (non-hydrogen) atoms. The van der Waals surface area contributed by atoms with Crippen LogP contribution in [0.1, 0.15) is 5.48 Å². The Labute approximate surface area is 232 Å². The summed E-state index contributed by atoms with van der Waals surface area (Å²) in [5.41, 5.74) is 5.21. The van der Waals surface area contributed by atoms with E-state index < -0.39 is 0 Å². The summed E-state index contributed by atoms with van der Waals surface area (Å²) >= 11 is 0. The predicted molar refractivity (Wildman–Crippen MR) is 165 cm³/mol.